The minimum Gasteiger partial charge on any atom is -0.497 e. The van der Waals surface area contributed by atoms with Gasteiger partial charge in [-0.3, -0.25) is 14.4 Å². The summed E-state index contributed by atoms with van der Waals surface area (Å²) in [4.78, 5) is 52.8. The summed E-state index contributed by atoms with van der Waals surface area (Å²) in [5, 5.41) is 5.53. The van der Waals surface area contributed by atoms with E-state index >= 15 is 0 Å². The van der Waals surface area contributed by atoms with Crippen molar-refractivity contribution in [1.29, 1.82) is 0 Å². The van der Waals surface area contributed by atoms with Gasteiger partial charge in [0, 0.05) is 19.4 Å². The van der Waals surface area contributed by atoms with Gasteiger partial charge in [-0.15, -0.1) is 0 Å². The van der Waals surface area contributed by atoms with Crippen molar-refractivity contribution in [2.75, 3.05) is 13.7 Å². The molecule has 4 rings (SSSR count). The number of carbonyl (C=O) groups excluding carboxylic acids is 4. The summed E-state index contributed by atoms with van der Waals surface area (Å²) in [6.45, 7) is 5.43. The third-order valence-corrected chi connectivity index (χ3v) is 9.16. The van der Waals surface area contributed by atoms with Crippen LogP contribution in [0.3, 0.4) is 0 Å². The minimum absolute atomic E-state index is 0.0374. The van der Waals surface area contributed by atoms with Gasteiger partial charge >= 0.3 is 11.9 Å². The standard InChI is InChI=1S/C34H41IN2O8/c1-20(2)17-27-34(41)43-26(29(35)31-30(45-31)23-9-6-5-7-10-23)11-8-12-28(38)37-25(18-22-13-15-24(42-4)16-14-22)32(39)36-19-21(3)33(40)44-27/h5-10,12-16,20-21,25-27,29-31H,11,17-19H2,1-4H3,(H,36,39)(H,37,38)/t21-,25-,26?,27+,29?,30?,31?/m1/s1. The van der Waals surface area contributed by atoms with Gasteiger partial charge in [-0.25, -0.2) is 4.79 Å². The molecule has 0 saturated carbocycles. The largest absolute Gasteiger partial charge is 0.497 e. The normalized spacial score (nSPS) is 27.2. The molecule has 242 valence electrons. The quantitative estimate of drug-likeness (QED) is 0.178. The fourth-order valence-corrected chi connectivity index (χ4v) is 6.02. The smallest absolute Gasteiger partial charge is 0.347 e. The lowest BCUT2D eigenvalue weighted by Crippen LogP contribution is -2.49. The molecule has 2 aromatic carbocycles. The zero-order valence-electron chi connectivity index (χ0n) is 25.9. The summed E-state index contributed by atoms with van der Waals surface area (Å²) in [6, 6.07) is 16.1. The Balaban J connectivity index is 1.57. The SMILES string of the molecule is COc1ccc(C[C@H]2NC(=O)C=CCC(C(I)C3OC3c3ccccc3)OC(=O)[C@H](CC(C)C)OC(=O)[C@H](C)CNC2=O)cc1. The maximum atomic E-state index is 13.5. The van der Waals surface area contributed by atoms with E-state index < -0.39 is 47.9 Å². The molecule has 0 aliphatic carbocycles. The number of ether oxygens (including phenoxy) is 4. The molecule has 2 N–H and O–H groups in total. The number of amides is 2. The number of halogens is 1. The average molecular weight is 733 g/mol. The average Bonchev–Trinajstić information content (AvgIpc) is 3.83. The van der Waals surface area contributed by atoms with E-state index in [9.17, 15) is 19.2 Å². The first-order valence-corrected chi connectivity index (χ1v) is 16.4. The number of esters is 2. The highest BCUT2D eigenvalue weighted by Crippen LogP contribution is 2.45. The molecule has 7 atom stereocenters. The molecule has 2 heterocycles. The van der Waals surface area contributed by atoms with Crippen LogP contribution in [0.25, 0.3) is 0 Å². The molecule has 45 heavy (non-hydrogen) atoms. The Kier molecular flexibility index (Phi) is 12.4. The lowest BCUT2D eigenvalue weighted by Gasteiger charge is -2.26. The Morgan fingerprint density at radius 3 is 2.36 bits per heavy atom. The van der Waals surface area contributed by atoms with Crippen molar-refractivity contribution in [2.45, 2.75) is 74.4 Å². The van der Waals surface area contributed by atoms with E-state index in [1.807, 2.05) is 56.3 Å². The lowest BCUT2D eigenvalue weighted by atomic mass is 10.0. The molecule has 2 aliphatic rings. The van der Waals surface area contributed by atoms with Crippen molar-refractivity contribution in [3.05, 3.63) is 77.9 Å². The fraction of sp³-hybridized carbons (Fsp3) is 0.471. The molecule has 10 nitrogen and oxygen atoms in total. The van der Waals surface area contributed by atoms with Gasteiger partial charge in [-0.2, -0.15) is 0 Å². The molecule has 2 aromatic rings. The Labute approximate surface area is 277 Å². The van der Waals surface area contributed by atoms with Gasteiger partial charge in [-0.05, 0) is 41.7 Å². The predicted octanol–water partition coefficient (Wildman–Crippen LogP) is 4.25. The van der Waals surface area contributed by atoms with Gasteiger partial charge in [0.15, 0.2) is 6.10 Å². The lowest BCUT2D eigenvalue weighted by molar-refractivity contribution is -0.174. The number of epoxide rings is 1. The first-order chi connectivity index (χ1) is 21.5. The topological polar surface area (TPSA) is 133 Å². The van der Waals surface area contributed by atoms with Crippen molar-refractivity contribution in [1.82, 2.24) is 10.6 Å². The van der Waals surface area contributed by atoms with Gasteiger partial charge in [0.2, 0.25) is 11.8 Å². The van der Waals surface area contributed by atoms with Gasteiger partial charge in [-0.1, -0.05) is 91.9 Å². The van der Waals surface area contributed by atoms with Crippen molar-refractivity contribution in [3.8, 4) is 5.75 Å². The van der Waals surface area contributed by atoms with E-state index in [0.29, 0.717) is 5.75 Å². The summed E-state index contributed by atoms with van der Waals surface area (Å²) < 4.78 is 22.6. The van der Waals surface area contributed by atoms with E-state index in [0.717, 1.165) is 11.1 Å². The molecule has 0 spiro atoms. The van der Waals surface area contributed by atoms with Crippen LogP contribution in [0.5, 0.6) is 5.75 Å². The van der Waals surface area contributed by atoms with Crippen LogP contribution in [0.15, 0.2) is 66.7 Å². The van der Waals surface area contributed by atoms with Crippen LogP contribution in [0.1, 0.15) is 50.8 Å². The van der Waals surface area contributed by atoms with Crippen molar-refractivity contribution in [3.63, 3.8) is 0 Å². The Morgan fingerprint density at radius 2 is 1.69 bits per heavy atom. The maximum absolute atomic E-state index is 13.5. The van der Waals surface area contributed by atoms with E-state index in [4.69, 9.17) is 18.9 Å². The summed E-state index contributed by atoms with van der Waals surface area (Å²) in [6.07, 6.45) is 1.55. The Morgan fingerprint density at radius 1 is 0.978 bits per heavy atom. The van der Waals surface area contributed by atoms with Crippen LogP contribution in [0, 0.1) is 11.8 Å². The molecule has 2 amide bonds. The molecular weight excluding hydrogens is 691 g/mol. The first kappa shape index (κ1) is 34.4. The molecule has 0 bridgehead atoms. The molecule has 4 unspecified atom stereocenters. The molecule has 11 heteroatoms. The van der Waals surface area contributed by atoms with E-state index in [-0.39, 0.29) is 47.9 Å². The second kappa shape index (κ2) is 16.2. The number of benzene rings is 2. The van der Waals surface area contributed by atoms with Gasteiger partial charge in [0.25, 0.3) is 0 Å². The zero-order chi connectivity index (χ0) is 32.5. The number of methoxy groups -OCH3 is 1. The molecule has 1 fully saturated rings. The maximum Gasteiger partial charge on any atom is 0.347 e. The summed E-state index contributed by atoms with van der Waals surface area (Å²) in [7, 11) is 1.57. The van der Waals surface area contributed by atoms with Crippen molar-refractivity contribution >= 4 is 46.3 Å². The molecule has 0 radical (unpaired) electrons. The second-order valence-corrected chi connectivity index (χ2v) is 13.2. The fourth-order valence-electron chi connectivity index (χ4n) is 5.03. The monoisotopic (exact) mass is 732 g/mol. The zero-order valence-corrected chi connectivity index (χ0v) is 28.1. The van der Waals surface area contributed by atoms with Gasteiger partial charge in [0.05, 0.1) is 17.0 Å². The number of nitrogens with one attached hydrogen (secondary N) is 2. The van der Waals surface area contributed by atoms with Crippen molar-refractivity contribution < 1.29 is 38.1 Å². The highest BCUT2D eigenvalue weighted by molar-refractivity contribution is 14.1. The van der Waals surface area contributed by atoms with E-state index in [2.05, 4.69) is 33.2 Å². The minimum atomic E-state index is -1.12. The molecule has 2 aliphatic heterocycles. The number of hydrogen-bond acceptors (Lipinski definition) is 8. The van der Waals surface area contributed by atoms with Crippen LogP contribution in [-0.4, -0.2) is 65.7 Å². The number of rotatable bonds is 8. The van der Waals surface area contributed by atoms with Gasteiger partial charge in [0.1, 0.15) is 30.1 Å². The number of alkyl halides is 1. The molecule has 0 aromatic heterocycles. The highest BCUT2D eigenvalue weighted by atomic mass is 127. The van der Waals surface area contributed by atoms with Crippen LogP contribution >= 0.6 is 22.6 Å². The summed E-state index contributed by atoms with van der Waals surface area (Å²) in [5.41, 5.74) is 1.84. The van der Waals surface area contributed by atoms with E-state index in [1.54, 1.807) is 32.2 Å². The van der Waals surface area contributed by atoms with Gasteiger partial charge < -0.3 is 29.6 Å². The summed E-state index contributed by atoms with van der Waals surface area (Å²) in [5.74, 6) is -2.23. The molecular formula is C34H41IN2O8. The number of cyclic esters (lactones) is 2. The first-order valence-electron chi connectivity index (χ1n) is 15.2. The Hall–Kier alpha value is -3.45. The van der Waals surface area contributed by atoms with Crippen LogP contribution in [-0.2, 0) is 39.8 Å². The second-order valence-electron chi connectivity index (χ2n) is 11.8. The molecule has 1 saturated heterocycles. The van der Waals surface area contributed by atoms with Crippen LogP contribution in [0.2, 0.25) is 0 Å². The van der Waals surface area contributed by atoms with E-state index in [1.165, 1.54) is 6.08 Å². The number of hydrogen-bond donors (Lipinski definition) is 2. The summed E-state index contributed by atoms with van der Waals surface area (Å²) >= 11 is 2.22. The third kappa shape index (κ3) is 10.0. The predicted molar refractivity (Wildman–Crippen MR) is 176 cm³/mol. The Bertz CT molecular complexity index is 1350. The number of carbonyl (C=O) groups is 4. The highest BCUT2D eigenvalue weighted by Gasteiger charge is 2.48. The van der Waals surface area contributed by atoms with Crippen molar-refractivity contribution in [2.24, 2.45) is 11.8 Å². The third-order valence-electron chi connectivity index (χ3n) is 7.65. The van der Waals surface area contributed by atoms with Crippen LogP contribution < -0.4 is 15.4 Å². The van der Waals surface area contributed by atoms with Crippen LogP contribution in [0.4, 0.5) is 0 Å².